The van der Waals surface area contributed by atoms with E-state index in [2.05, 4.69) is 6.07 Å². The number of nitrogen functional groups attached to an aromatic ring is 1. The number of benzene rings is 1. The first-order chi connectivity index (χ1) is 6.74. The van der Waals surface area contributed by atoms with Crippen molar-refractivity contribution in [2.75, 3.05) is 5.73 Å². The molecule has 1 aromatic heterocycles. The molecule has 0 spiro atoms. The van der Waals surface area contributed by atoms with E-state index in [1.807, 2.05) is 11.4 Å². The summed E-state index contributed by atoms with van der Waals surface area (Å²) in [6, 6.07) is 5.81. The van der Waals surface area contributed by atoms with Crippen molar-refractivity contribution in [1.29, 1.82) is 5.26 Å². The fourth-order valence-electron chi connectivity index (χ4n) is 1.42. The normalized spacial score (nSPS) is 10.3. The zero-order chi connectivity index (χ0) is 10.1. The maximum Gasteiger partial charge on any atom is 0.0670 e. The maximum absolute atomic E-state index is 8.65. The van der Waals surface area contributed by atoms with Crippen LogP contribution in [0.15, 0.2) is 17.5 Å². The molecule has 0 aliphatic heterocycles. The molecule has 0 atom stereocenters. The minimum atomic E-state index is 0.396. The number of hydrogen-bond acceptors (Lipinski definition) is 3. The van der Waals surface area contributed by atoms with E-state index >= 15 is 0 Å². The van der Waals surface area contributed by atoms with Crippen molar-refractivity contribution in [3.8, 4) is 6.07 Å². The van der Waals surface area contributed by atoms with Crippen LogP contribution in [-0.4, -0.2) is 0 Å². The number of halogens is 1. The van der Waals surface area contributed by atoms with Gasteiger partial charge in [-0.15, -0.1) is 11.3 Å². The smallest absolute Gasteiger partial charge is 0.0670 e. The molecule has 0 amide bonds. The van der Waals surface area contributed by atoms with Gasteiger partial charge in [0.1, 0.15) is 0 Å². The average Bonchev–Trinajstić information content (AvgIpc) is 2.54. The van der Waals surface area contributed by atoms with Crippen molar-refractivity contribution < 1.29 is 0 Å². The molecule has 4 heteroatoms. The fraction of sp³-hybridized carbons (Fsp3) is 0.100. The predicted molar refractivity (Wildman–Crippen MR) is 60.6 cm³/mol. The van der Waals surface area contributed by atoms with Crippen molar-refractivity contribution in [3.63, 3.8) is 0 Å². The first-order valence-corrected chi connectivity index (χ1v) is 5.31. The van der Waals surface area contributed by atoms with Crippen LogP contribution in [0.2, 0.25) is 5.02 Å². The van der Waals surface area contributed by atoms with Crippen LogP contribution in [0.1, 0.15) is 5.56 Å². The average molecular weight is 223 g/mol. The van der Waals surface area contributed by atoms with Gasteiger partial charge in [-0.2, -0.15) is 5.26 Å². The summed E-state index contributed by atoms with van der Waals surface area (Å²) in [4.78, 5) is 0. The molecule has 0 aliphatic carbocycles. The molecule has 1 heterocycles. The first kappa shape index (κ1) is 9.32. The molecule has 2 rings (SSSR count). The lowest BCUT2D eigenvalue weighted by Crippen LogP contribution is -1.88. The van der Waals surface area contributed by atoms with Gasteiger partial charge < -0.3 is 5.73 Å². The number of fused-ring (bicyclic) bond motifs is 1. The van der Waals surface area contributed by atoms with Crippen LogP contribution in [0.3, 0.4) is 0 Å². The molecule has 2 nitrogen and oxygen atoms in total. The van der Waals surface area contributed by atoms with E-state index in [1.165, 1.54) is 11.3 Å². The molecule has 0 saturated heterocycles. The molecule has 14 heavy (non-hydrogen) atoms. The predicted octanol–water partition coefficient (Wildman–Crippen LogP) is 3.20. The number of hydrogen-bond donors (Lipinski definition) is 1. The van der Waals surface area contributed by atoms with Gasteiger partial charge in [-0.3, -0.25) is 0 Å². The summed E-state index contributed by atoms with van der Waals surface area (Å²) in [6.07, 6.45) is 0.396. The Labute approximate surface area is 90.5 Å². The van der Waals surface area contributed by atoms with Gasteiger partial charge in [0, 0.05) is 21.2 Å². The van der Waals surface area contributed by atoms with Crippen LogP contribution in [0.4, 0.5) is 5.69 Å². The molecule has 0 fully saturated rings. The summed E-state index contributed by atoms with van der Waals surface area (Å²) in [6.45, 7) is 0. The van der Waals surface area contributed by atoms with Crippen LogP contribution in [-0.2, 0) is 6.42 Å². The summed E-state index contributed by atoms with van der Waals surface area (Å²) < 4.78 is 1.02. The number of nitrogens with zero attached hydrogens (tertiary/aromatic N) is 1. The van der Waals surface area contributed by atoms with Gasteiger partial charge in [-0.25, -0.2) is 0 Å². The molecule has 0 bridgehead atoms. The Balaban J connectivity index is 2.78. The van der Waals surface area contributed by atoms with E-state index in [1.54, 1.807) is 6.07 Å². The van der Waals surface area contributed by atoms with Gasteiger partial charge in [-0.05, 0) is 11.6 Å². The summed E-state index contributed by atoms with van der Waals surface area (Å²) in [5.74, 6) is 0. The highest BCUT2D eigenvalue weighted by molar-refractivity contribution is 7.18. The third-order valence-corrected chi connectivity index (χ3v) is 3.54. The highest BCUT2D eigenvalue weighted by Crippen LogP contribution is 2.36. The molecule has 0 saturated carbocycles. The fourth-order valence-corrected chi connectivity index (χ4v) is 2.79. The van der Waals surface area contributed by atoms with Crippen molar-refractivity contribution in [2.45, 2.75) is 6.42 Å². The zero-order valence-electron chi connectivity index (χ0n) is 7.25. The standard InChI is InChI=1S/C10H7ClN2S/c11-7-5-14-10-6(3-4-12)1-2-8(13)9(7)10/h1-2,5H,3,13H2. The summed E-state index contributed by atoms with van der Waals surface area (Å²) in [5.41, 5.74) is 7.47. The number of anilines is 1. The lowest BCUT2D eigenvalue weighted by Gasteiger charge is -2.01. The molecule has 2 aromatic rings. The van der Waals surface area contributed by atoms with E-state index in [4.69, 9.17) is 22.6 Å². The van der Waals surface area contributed by atoms with E-state index in [-0.39, 0.29) is 0 Å². The van der Waals surface area contributed by atoms with Crippen molar-refractivity contribution >= 4 is 38.7 Å². The second-order valence-corrected chi connectivity index (χ2v) is 4.22. The van der Waals surface area contributed by atoms with Crippen LogP contribution >= 0.6 is 22.9 Å². The van der Waals surface area contributed by atoms with Crippen LogP contribution in [0.25, 0.3) is 10.1 Å². The van der Waals surface area contributed by atoms with Crippen LogP contribution in [0.5, 0.6) is 0 Å². The monoisotopic (exact) mass is 222 g/mol. The first-order valence-electron chi connectivity index (χ1n) is 4.05. The van der Waals surface area contributed by atoms with Crippen LogP contribution < -0.4 is 5.73 Å². The number of nitrogens with two attached hydrogens (primary N) is 1. The van der Waals surface area contributed by atoms with E-state index in [0.717, 1.165) is 15.6 Å². The Kier molecular flexibility index (Phi) is 2.32. The van der Waals surface area contributed by atoms with E-state index < -0.39 is 0 Å². The van der Waals surface area contributed by atoms with Gasteiger partial charge in [-0.1, -0.05) is 17.7 Å². The van der Waals surface area contributed by atoms with Gasteiger partial charge in [0.2, 0.25) is 0 Å². The SMILES string of the molecule is N#CCc1ccc(N)c2c(Cl)csc12. The summed E-state index contributed by atoms with van der Waals surface area (Å²) in [7, 11) is 0. The molecule has 1 aromatic carbocycles. The molecule has 2 N–H and O–H groups in total. The van der Waals surface area contributed by atoms with Crippen molar-refractivity contribution in [2.24, 2.45) is 0 Å². The van der Waals surface area contributed by atoms with E-state index in [0.29, 0.717) is 17.1 Å². The third-order valence-electron chi connectivity index (χ3n) is 2.06. The van der Waals surface area contributed by atoms with Gasteiger partial charge in [0.25, 0.3) is 0 Å². The quantitative estimate of drug-likeness (QED) is 0.754. The van der Waals surface area contributed by atoms with Gasteiger partial charge >= 0.3 is 0 Å². The number of rotatable bonds is 1. The topological polar surface area (TPSA) is 49.8 Å². The highest BCUT2D eigenvalue weighted by Gasteiger charge is 2.09. The molecular formula is C10H7ClN2S. The van der Waals surface area contributed by atoms with Crippen molar-refractivity contribution in [1.82, 2.24) is 0 Å². The minimum absolute atomic E-state index is 0.396. The lowest BCUT2D eigenvalue weighted by molar-refractivity contribution is 1.29. The van der Waals surface area contributed by atoms with E-state index in [9.17, 15) is 0 Å². The number of nitriles is 1. The van der Waals surface area contributed by atoms with Crippen molar-refractivity contribution in [3.05, 3.63) is 28.1 Å². The third kappa shape index (κ3) is 1.33. The maximum atomic E-state index is 8.65. The molecule has 70 valence electrons. The second kappa shape index (κ2) is 3.49. The summed E-state index contributed by atoms with van der Waals surface area (Å²) >= 11 is 7.53. The Morgan fingerprint density at radius 2 is 2.29 bits per heavy atom. The highest BCUT2D eigenvalue weighted by atomic mass is 35.5. The Morgan fingerprint density at radius 1 is 1.50 bits per heavy atom. The summed E-state index contributed by atoms with van der Waals surface area (Å²) in [5, 5.41) is 12.0. The Morgan fingerprint density at radius 3 is 3.00 bits per heavy atom. The Hall–Kier alpha value is -1.24. The second-order valence-electron chi connectivity index (χ2n) is 2.94. The molecule has 0 unspecified atom stereocenters. The van der Waals surface area contributed by atoms with Gasteiger partial charge in [0.15, 0.2) is 0 Å². The Bertz CT molecular complexity index is 525. The van der Waals surface area contributed by atoms with Crippen LogP contribution in [0, 0.1) is 11.3 Å². The van der Waals surface area contributed by atoms with Gasteiger partial charge in [0.05, 0.1) is 17.5 Å². The molecule has 0 radical (unpaired) electrons. The molecule has 0 aliphatic rings. The number of thiophene rings is 1. The lowest BCUT2D eigenvalue weighted by atomic mass is 10.1. The largest absolute Gasteiger partial charge is 0.398 e. The molecular weight excluding hydrogens is 216 g/mol. The minimum Gasteiger partial charge on any atom is -0.398 e. The zero-order valence-corrected chi connectivity index (χ0v) is 8.82.